The summed E-state index contributed by atoms with van der Waals surface area (Å²) in [6, 6.07) is 10.5. The number of nitrogens with zero attached hydrogens (tertiary/aromatic N) is 3. The third kappa shape index (κ3) is 4.05. The summed E-state index contributed by atoms with van der Waals surface area (Å²) < 4.78 is 11.5. The fourth-order valence-corrected chi connectivity index (χ4v) is 3.64. The molecule has 134 valence electrons. The lowest BCUT2D eigenvalue weighted by Gasteiger charge is -2.26. The molecule has 2 aliphatic rings. The van der Waals surface area contributed by atoms with Gasteiger partial charge in [-0.15, -0.1) is 0 Å². The van der Waals surface area contributed by atoms with Crippen molar-refractivity contribution in [3.8, 4) is 5.75 Å². The lowest BCUT2D eigenvalue weighted by atomic mass is 10.2. The number of ether oxygens (including phenoxy) is 2. The first kappa shape index (κ1) is 16.6. The van der Waals surface area contributed by atoms with Gasteiger partial charge in [-0.1, -0.05) is 12.1 Å². The minimum absolute atomic E-state index is 0.728. The molecule has 3 heterocycles. The minimum Gasteiger partial charge on any atom is -0.491 e. The number of aromatic nitrogens is 1. The summed E-state index contributed by atoms with van der Waals surface area (Å²) in [5.41, 5.74) is 0.985. The van der Waals surface area contributed by atoms with Crippen LogP contribution >= 0.6 is 0 Å². The van der Waals surface area contributed by atoms with Crippen LogP contribution in [-0.2, 0) is 4.74 Å². The highest BCUT2D eigenvalue weighted by Crippen LogP contribution is 2.27. The lowest BCUT2D eigenvalue weighted by molar-refractivity contribution is 0.0358. The van der Waals surface area contributed by atoms with Crippen LogP contribution in [0.4, 0.5) is 5.82 Å². The number of fused-ring (bicyclic) bond motifs is 1. The second kappa shape index (κ2) is 8.02. The molecule has 25 heavy (non-hydrogen) atoms. The molecule has 2 saturated heterocycles. The third-order valence-corrected chi connectivity index (χ3v) is 5.08. The average Bonchev–Trinajstić information content (AvgIpc) is 3.20. The Morgan fingerprint density at radius 2 is 1.84 bits per heavy atom. The Labute approximate surface area is 149 Å². The van der Waals surface area contributed by atoms with Crippen LogP contribution in [0.5, 0.6) is 5.75 Å². The molecule has 2 aliphatic heterocycles. The molecular formula is C20H27N3O2. The summed E-state index contributed by atoms with van der Waals surface area (Å²) in [7, 11) is 0. The minimum atomic E-state index is 0.728. The second-order valence-corrected chi connectivity index (χ2v) is 6.85. The van der Waals surface area contributed by atoms with E-state index >= 15 is 0 Å². The van der Waals surface area contributed by atoms with Crippen LogP contribution < -0.4 is 9.64 Å². The first-order chi connectivity index (χ1) is 12.4. The van der Waals surface area contributed by atoms with Crippen molar-refractivity contribution in [3.05, 3.63) is 30.3 Å². The third-order valence-electron chi connectivity index (χ3n) is 5.08. The molecule has 1 aromatic carbocycles. The molecule has 2 aromatic rings. The van der Waals surface area contributed by atoms with Gasteiger partial charge in [0.05, 0.1) is 19.8 Å². The standard InChI is InChI=1S/C20H27N3O2/c1-2-11-23(10-1)19-8-7-17-5-3-6-18(20(17)21-19)25-14-4-9-22-12-15-24-16-13-22/h3,5-8H,1-2,4,9-16H2. The number of hydrogen-bond donors (Lipinski definition) is 0. The van der Waals surface area contributed by atoms with E-state index < -0.39 is 0 Å². The fraction of sp³-hybridized carbons (Fsp3) is 0.550. The number of para-hydroxylation sites is 1. The summed E-state index contributed by atoms with van der Waals surface area (Å²) in [4.78, 5) is 9.71. The molecule has 0 saturated carbocycles. The van der Waals surface area contributed by atoms with Crippen molar-refractivity contribution in [1.29, 1.82) is 0 Å². The van der Waals surface area contributed by atoms with E-state index in [9.17, 15) is 0 Å². The van der Waals surface area contributed by atoms with Gasteiger partial charge in [-0.3, -0.25) is 4.90 Å². The van der Waals surface area contributed by atoms with Crippen molar-refractivity contribution in [3.63, 3.8) is 0 Å². The summed E-state index contributed by atoms with van der Waals surface area (Å²) in [5.74, 6) is 1.98. The van der Waals surface area contributed by atoms with Gasteiger partial charge >= 0.3 is 0 Å². The molecule has 1 aromatic heterocycles. The quantitative estimate of drug-likeness (QED) is 0.755. The first-order valence-corrected chi connectivity index (χ1v) is 9.48. The Morgan fingerprint density at radius 3 is 2.68 bits per heavy atom. The van der Waals surface area contributed by atoms with E-state index in [-0.39, 0.29) is 0 Å². The zero-order valence-corrected chi connectivity index (χ0v) is 14.8. The highest BCUT2D eigenvalue weighted by atomic mass is 16.5. The largest absolute Gasteiger partial charge is 0.491 e. The molecule has 5 heteroatoms. The summed E-state index contributed by atoms with van der Waals surface area (Å²) in [6.45, 7) is 7.81. The van der Waals surface area contributed by atoms with E-state index in [0.717, 1.165) is 81.4 Å². The van der Waals surface area contributed by atoms with Crippen molar-refractivity contribution >= 4 is 16.7 Å². The van der Waals surface area contributed by atoms with Crippen LogP contribution in [0.2, 0.25) is 0 Å². The van der Waals surface area contributed by atoms with Crippen molar-refractivity contribution < 1.29 is 9.47 Å². The molecule has 4 rings (SSSR count). The molecule has 0 aliphatic carbocycles. The Morgan fingerprint density at radius 1 is 1.00 bits per heavy atom. The zero-order chi connectivity index (χ0) is 16.9. The van der Waals surface area contributed by atoms with Gasteiger partial charge in [-0.2, -0.15) is 0 Å². The molecule has 0 N–H and O–H groups in total. The van der Waals surface area contributed by atoms with Crippen LogP contribution in [0, 0.1) is 0 Å². The number of rotatable bonds is 6. The second-order valence-electron chi connectivity index (χ2n) is 6.85. The maximum absolute atomic E-state index is 6.09. The smallest absolute Gasteiger partial charge is 0.145 e. The molecule has 0 bridgehead atoms. The number of hydrogen-bond acceptors (Lipinski definition) is 5. The van der Waals surface area contributed by atoms with Crippen LogP contribution in [0.25, 0.3) is 10.9 Å². The topological polar surface area (TPSA) is 37.8 Å². The monoisotopic (exact) mass is 341 g/mol. The number of benzene rings is 1. The van der Waals surface area contributed by atoms with Gasteiger partial charge in [0.1, 0.15) is 17.1 Å². The molecule has 0 amide bonds. The highest BCUT2D eigenvalue weighted by Gasteiger charge is 2.15. The van der Waals surface area contributed by atoms with Gasteiger partial charge in [0.2, 0.25) is 0 Å². The lowest BCUT2D eigenvalue weighted by Crippen LogP contribution is -2.37. The van der Waals surface area contributed by atoms with E-state index in [0.29, 0.717) is 0 Å². The average molecular weight is 341 g/mol. The number of anilines is 1. The molecule has 2 fully saturated rings. The van der Waals surface area contributed by atoms with E-state index in [1.54, 1.807) is 0 Å². The van der Waals surface area contributed by atoms with Gasteiger partial charge in [0.15, 0.2) is 0 Å². The van der Waals surface area contributed by atoms with E-state index in [1.807, 2.05) is 6.07 Å². The van der Waals surface area contributed by atoms with Gasteiger partial charge < -0.3 is 14.4 Å². The van der Waals surface area contributed by atoms with Gasteiger partial charge in [0.25, 0.3) is 0 Å². The van der Waals surface area contributed by atoms with Crippen LogP contribution in [0.3, 0.4) is 0 Å². The molecule has 0 atom stereocenters. The predicted molar refractivity (Wildman–Crippen MR) is 101 cm³/mol. The number of morpholine rings is 1. The Balaban J connectivity index is 1.40. The van der Waals surface area contributed by atoms with Crippen molar-refractivity contribution in [2.45, 2.75) is 19.3 Å². The molecule has 0 unspecified atom stereocenters. The maximum Gasteiger partial charge on any atom is 0.145 e. The molecule has 0 spiro atoms. The Kier molecular flexibility index (Phi) is 5.33. The van der Waals surface area contributed by atoms with Crippen molar-refractivity contribution in [1.82, 2.24) is 9.88 Å². The molecule has 0 radical (unpaired) electrons. The zero-order valence-electron chi connectivity index (χ0n) is 14.8. The normalized spacial score (nSPS) is 18.8. The Hall–Kier alpha value is -1.85. The summed E-state index contributed by atoms with van der Waals surface area (Å²) in [6.07, 6.45) is 3.56. The number of pyridine rings is 1. The summed E-state index contributed by atoms with van der Waals surface area (Å²) >= 11 is 0. The maximum atomic E-state index is 6.09. The molecular weight excluding hydrogens is 314 g/mol. The fourth-order valence-electron chi connectivity index (χ4n) is 3.64. The highest BCUT2D eigenvalue weighted by molar-refractivity contribution is 5.86. The predicted octanol–water partition coefficient (Wildman–Crippen LogP) is 2.94. The van der Waals surface area contributed by atoms with Gasteiger partial charge in [-0.25, -0.2) is 4.98 Å². The van der Waals surface area contributed by atoms with Crippen LogP contribution in [0.15, 0.2) is 30.3 Å². The van der Waals surface area contributed by atoms with Gasteiger partial charge in [-0.05, 0) is 37.5 Å². The van der Waals surface area contributed by atoms with Gasteiger partial charge in [0, 0.05) is 38.1 Å². The SMILES string of the molecule is c1cc(OCCCN2CCOCC2)c2nc(N3CCCC3)ccc2c1. The van der Waals surface area contributed by atoms with Crippen LogP contribution in [0.1, 0.15) is 19.3 Å². The van der Waals surface area contributed by atoms with E-state index in [1.165, 1.54) is 12.8 Å². The van der Waals surface area contributed by atoms with Crippen molar-refractivity contribution in [2.75, 3.05) is 57.4 Å². The molecule has 5 nitrogen and oxygen atoms in total. The Bertz CT molecular complexity index is 694. The van der Waals surface area contributed by atoms with Crippen molar-refractivity contribution in [2.24, 2.45) is 0 Å². The van der Waals surface area contributed by atoms with E-state index in [4.69, 9.17) is 14.5 Å². The van der Waals surface area contributed by atoms with E-state index in [2.05, 4.69) is 34.1 Å². The first-order valence-electron chi connectivity index (χ1n) is 9.48. The van der Waals surface area contributed by atoms with Crippen LogP contribution in [-0.4, -0.2) is 62.4 Å². The summed E-state index contributed by atoms with van der Waals surface area (Å²) in [5, 5.41) is 1.15.